The summed E-state index contributed by atoms with van der Waals surface area (Å²) >= 11 is 13.4. The molecule has 21 heavy (non-hydrogen) atoms. The van der Waals surface area contributed by atoms with E-state index in [1.54, 1.807) is 16.7 Å². The fraction of sp³-hybridized carbons (Fsp3) is 0.462. The average Bonchev–Trinajstić information content (AvgIpc) is 2.79. The molecule has 0 fully saturated rings. The molecule has 0 saturated carbocycles. The molecule has 2 aromatic rings. The summed E-state index contributed by atoms with van der Waals surface area (Å²) in [4.78, 5) is 12.0. The summed E-state index contributed by atoms with van der Waals surface area (Å²) in [5.41, 5.74) is 0.526. The van der Waals surface area contributed by atoms with Gasteiger partial charge < -0.3 is 5.32 Å². The van der Waals surface area contributed by atoms with E-state index in [4.69, 9.17) is 23.2 Å². The van der Waals surface area contributed by atoms with Crippen LogP contribution < -0.4 is 5.32 Å². The van der Waals surface area contributed by atoms with E-state index in [9.17, 15) is 4.79 Å². The SMILES string of the molecule is CC(C)CNC(=O)[C@@H](C)Sc1nnc2c(Cl)cc(Cl)cn12. The molecule has 0 radical (unpaired) electrons. The van der Waals surface area contributed by atoms with E-state index in [0.29, 0.717) is 33.3 Å². The Morgan fingerprint density at radius 1 is 1.38 bits per heavy atom. The Bertz CT molecular complexity index is 659. The van der Waals surface area contributed by atoms with Gasteiger partial charge in [0.25, 0.3) is 0 Å². The number of amides is 1. The van der Waals surface area contributed by atoms with Gasteiger partial charge in [0.1, 0.15) is 0 Å². The van der Waals surface area contributed by atoms with Crippen LogP contribution in [0.3, 0.4) is 0 Å². The first kappa shape index (κ1) is 16.4. The molecule has 8 heteroatoms. The van der Waals surface area contributed by atoms with Crippen molar-refractivity contribution in [2.75, 3.05) is 6.54 Å². The molecule has 0 saturated heterocycles. The van der Waals surface area contributed by atoms with E-state index >= 15 is 0 Å². The van der Waals surface area contributed by atoms with Gasteiger partial charge in [0.15, 0.2) is 10.8 Å². The molecule has 2 aromatic heterocycles. The van der Waals surface area contributed by atoms with Crippen LogP contribution in [0.15, 0.2) is 17.4 Å². The number of thioether (sulfide) groups is 1. The van der Waals surface area contributed by atoms with Crippen molar-refractivity contribution in [2.45, 2.75) is 31.2 Å². The summed E-state index contributed by atoms with van der Waals surface area (Å²) in [6, 6.07) is 1.61. The third-order valence-corrected chi connectivity index (χ3v) is 4.27. The number of hydrogen-bond donors (Lipinski definition) is 1. The molecule has 0 unspecified atom stereocenters. The zero-order valence-corrected chi connectivity index (χ0v) is 14.3. The smallest absolute Gasteiger partial charge is 0.233 e. The van der Waals surface area contributed by atoms with Crippen LogP contribution in [0.1, 0.15) is 20.8 Å². The van der Waals surface area contributed by atoms with Crippen molar-refractivity contribution < 1.29 is 4.79 Å². The van der Waals surface area contributed by atoms with Gasteiger partial charge in [-0.1, -0.05) is 48.8 Å². The number of nitrogens with zero attached hydrogens (tertiary/aromatic N) is 3. The average molecular weight is 347 g/mol. The van der Waals surface area contributed by atoms with Crippen LogP contribution in [0.5, 0.6) is 0 Å². The van der Waals surface area contributed by atoms with Gasteiger partial charge in [0, 0.05) is 12.7 Å². The van der Waals surface area contributed by atoms with Gasteiger partial charge in [0.2, 0.25) is 5.91 Å². The predicted molar refractivity (Wildman–Crippen MR) is 86.2 cm³/mol. The molecule has 5 nitrogen and oxygen atoms in total. The molecule has 114 valence electrons. The lowest BCUT2D eigenvalue weighted by atomic mass is 10.2. The Labute approximate surface area is 137 Å². The summed E-state index contributed by atoms with van der Waals surface area (Å²) < 4.78 is 1.70. The highest BCUT2D eigenvalue weighted by atomic mass is 35.5. The highest BCUT2D eigenvalue weighted by Gasteiger charge is 2.18. The first-order chi connectivity index (χ1) is 9.88. The van der Waals surface area contributed by atoms with Crippen molar-refractivity contribution in [1.29, 1.82) is 0 Å². The van der Waals surface area contributed by atoms with E-state index in [0.717, 1.165) is 0 Å². The lowest BCUT2D eigenvalue weighted by molar-refractivity contribution is -0.120. The largest absolute Gasteiger partial charge is 0.355 e. The van der Waals surface area contributed by atoms with Gasteiger partial charge in [-0.2, -0.15) is 0 Å². The van der Waals surface area contributed by atoms with E-state index in [-0.39, 0.29) is 11.2 Å². The van der Waals surface area contributed by atoms with Gasteiger partial charge in [-0.15, -0.1) is 10.2 Å². The van der Waals surface area contributed by atoms with E-state index < -0.39 is 0 Å². The fourth-order valence-electron chi connectivity index (χ4n) is 1.64. The first-order valence-electron chi connectivity index (χ1n) is 6.52. The minimum atomic E-state index is -0.283. The Kier molecular flexibility index (Phi) is 5.35. The first-order valence-corrected chi connectivity index (χ1v) is 8.16. The van der Waals surface area contributed by atoms with Crippen LogP contribution in [0.4, 0.5) is 0 Å². The molecule has 1 amide bonds. The third-order valence-electron chi connectivity index (χ3n) is 2.73. The summed E-state index contributed by atoms with van der Waals surface area (Å²) in [6.07, 6.45) is 1.68. The van der Waals surface area contributed by atoms with E-state index in [2.05, 4.69) is 15.5 Å². The molecule has 0 aliphatic carbocycles. The van der Waals surface area contributed by atoms with Crippen LogP contribution in [0, 0.1) is 5.92 Å². The number of carbonyl (C=O) groups excluding carboxylic acids is 1. The number of carbonyl (C=O) groups is 1. The Balaban J connectivity index is 2.14. The van der Waals surface area contributed by atoms with Gasteiger partial charge in [0.05, 0.1) is 15.3 Å². The summed E-state index contributed by atoms with van der Waals surface area (Å²) in [5.74, 6) is 0.385. The van der Waals surface area contributed by atoms with Crippen LogP contribution in [-0.4, -0.2) is 32.3 Å². The normalized spacial score (nSPS) is 12.9. The van der Waals surface area contributed by atoms with E-state index in [1.807, 2.05) is 20.8 Å². The number of fused-ring (bicyclic) bond motifs is 1. The highest BCUT2D eigenvalue weighted by molar-refractivity contribution is 8.00. The van der Waals surface area contributed by atoms with E-state index in [1.165, 1.54) is 11.8 Å². The molecular weight excluding hydrogens is 331 g/mol. The van der Waals surface area contributed by atoms with Crippen molar-refractivity contribution in [3.8, 4) is 0 Å². The van der Waals surface area contributed by atoms with Crippen molar-refractivity contribution in [3.05, 3.63) is 22.3 Å². The third kappa shape index (κ3) is 4.02. The van der Waals surface area contributed by atoms with Gasteiger partial charge in [-0.05, 0) is 18.9 Å². The molecule has 1 N–H and O–H groups in total. The lowest BCUT2D eigenvalue weighted by Crippen LogP contribution is -2.33. The summed E-state index contributed by atoms with van der Waals surface area (Å²) in [7, 11) is 0. The molecule has 2 heterocycles. The van der Waals surface area contributed by atoms with Crippen molar-refractivity contribution in [3.63, 3.8) is 0 Å². The highest BCUT2D eigenvalue weighted by Crippen LogP contribution is 2.27. The van der Waals surface area contributed by atoms with Crippen molar-refractivity contribution >= 4 is 46.5 Å². The summed E-state index contributed by atoms with van der Waals surface area (Å²) in [5, 5.41) is 12.2. The maximum Gasteiger partial charge on any atom is 0.233 e. The Morgan fingerprint density at radius 3 is 2.76 bits per heavy atom. The van der Waals surface area contributed by atoms with Crippen molar-refractivity contribution in [2.24, 2.45) is 5.92 Å². The maximum absolute atomic E-state index is 12.0. The molecule has 0 aliphatic rings. The number of hydrogen-bond acceptors (Lipinski definition) is 4. The molecule has 0 bridgehead atoms. The van der Waals surface area contributed by atoms with Crippen LogP contribution in [-0.2, 0) is 4.79 Å². The second-order valence-electron chi connectivity index (χ2n) is 5.08. The van der Waals surface area contributed by atoms with Gasteiger partial charge in [-0.3, -0.25) is 9.20 Å². The molecule has 1 atom stereocenters. The Hall–Kier alpha value is -0.980. The number of halogens is 2. The van der Waals surface area contributed by atoms with Gasteiger partial charge in [-0.25, -0.2) is 0 Å². The minimum Gasteiger partial charge on any atom is -0.355 e. The number of nitrogens with one attached hydrogen (secondary N) is 1. The monoisotopic (exact) mass is 346 g/mol. The minimum absolute atomic E-state index is 0.0291. The molecular formula is C13H16Cl2N4OS. The number of pyridine rings is 1. The molecule has 2 rings (SSSR count). The molecule has 0 aliphatic heterocycles. The zero-order chi connectivity index (χ0) is 15.6. The molecule has 0 aromatic carbocycles. The predicted octanol–water partition coefficient (Wildman–Crippen LogP) is 3.29. The fourth-order valence-corrected chi connectivity index (χ4v) is 3.00. The topological polar surface area (TPSA) is 59.3 Å². The van der Waals surface area contributed by atoms with Gasteiger partial charge >= 0.3 is 0 Å². The number of rotatable bonds is 5. The maximum atomic E-state index is 12.0. The second-order valence-corrected chi connectivity index (χ2v) is 7.23. The Morgan fingerprint density at radius 2 is 2.10 bits per heavy atom. The van der Waals surface area contributed by atoms with Crippen LogP contribution >= 0.6 is 35.0 Å². The second kappa shape index (κ2) is 6.85. The standard InChI is InChI=1S/C13H16Cl2N4OS/c1-7(2)5-16-12(20)8(3)21-13-18-17-11-10(15)4-9(14)6-19(11)13/h4,6-8H,5H2,1-3H3,(H,16,20)/t8-/m1/s1. The molecule has 0 spiro atoms. The number of aromatic nitrogens is 3. The van der Waals surface area contributed by atoms with Crippen LogP contribution in [0.2, 0.25) is 10.0 Å². The summed E-state index contributed by atoms with van der Waals surface area (Å²) in [6.45, 7) is 6.58. The van der Waals surface area contributed by atoms with Crippen LogP contribution in [0.25, 0.3) is 5.65 Å². The zero-order valence-electron chi connectivity index (χ0n) is 11.9. The quantitative estimate of drug-likeness (QED) is 0.844. The van der Waals surface area contributed by atoms with Crippen molar-refractivity contribution in [1.82, 2.24) is 19.9 Å². The lowest BCUT2D eigenvalue weighted by Gasteiger charge is -2.12.